The van der Waals surface area contributed by atoms with E-state index in [9.17, 15) is 19.2 Å². The van der Waals surface area contributed by atoms with Gasteiger partial charge in [0.15, 0.2) is 5.75 Å². The van der Waals surface area contributed by atoms with E-state index in [1.54, 1.807) is 109 Å². The Morgan fingerprint density at radius 2 is 1.27 bits per heavy atom. The Morgan fingerprint density at radius 3 is 1.90 bits per heavy atom. The number of amides is 2. The first kappa shape index (κ1) is 26.1. The van der Waals surface area contributed by atoms with Gasteiger partial charge in [-0.25, -0.2) is 9.69 Å². The maximum Gasteiger partial charge on any atom is 0.343 e. The number of esters is 1. The molecule has 0 aliphatic carbocycles. The van der Waals surface area contributed by atoms with E-state index in [1.807, 2.05) is 0 Å². The number of nitrogens with zero attached hydrogens (tertiary/aromatic N) is 2. The number of hydrogen-bond donors (Lipinski definition) is 0. The molecule has 0 saturated heterocycles. The summed E-state index contributed by atoms with van der Waals surface area (Å²) in [6.07, 6.45) is 0. The summed E-state index contributed by atoms with van der Waals surface area (Å²) < 4.78 is 12.3. The van der Waals surface area contributed by atoms with Crippen LogP contribution in [0.3, 0.4) is 0 Å². The predicted molar refractivity (Wildman–Crippen MR) is 151 cm³/mol. The summed E-state index contributed by atoms with van der Waals surface area (Å²) >= 11 is 0. The monoisotopic (exact) mass is 532 g/mol. The second-order valence-corrected chi connectivity index (χ2v) is 8.85. The van der Waals surface area contributed by atoms with Crippen molar-refractivity contribution in [3.63, 3.8) is 0 Å². The zero-order valence-electron chi connectivity index (χ0n) is 21.7. The maximum atomic E-state index is 14.3. The molecule has 5 rings (SSSR count). The first-order chi connectivity index (χ1) is 19.4. The molecule has 0 fully saturated rings. The van der Waals surface area contributed by atoms with Gasteiger partial charge in [0.1, 0.15) is 11.3 Å². The minimum absolute atomic E-state index is 0.204. The van der Waals surface area contributed by atoms with Gasteiger partial charge < -0.3 is 14.0 Å². The van der Waals surface area contributed by atoms with Gasteiger partial charge in [-0.3, -0.25) is 14.4 Å². The summed E-state index contributed by atoms with van der Waals surface area (Å²) in [6, 6.07) is 29.5. The van der Waals surface area contributed by atoms with E-state index in [2.05, 4.69) is 0 Å². The average molecular weight is 533 g/mol. The lowest BCUT2D eigenvalue weighted by atomic mass is 10.1. The molecule has 0 saturated carbocycles. The van der Waals surface area contributed by atoms with E-state index in [0.717, 1.165) is 4.90 Å². The van der Waals surface area contributed by atoms with Crippen molar-refractivity contribution in [3.05, 3.63) is 136 Å². The molecule has 0 atom stereocenters. The van der Waals surface area contributed by atoms with Crippen molar-refractivity contribution in [2.75, 3.05) is 12.0 Å². The van der Waals surface area contributed by atoms with E-state index >= 15 is 0 Å². The van der Waals surface area contributed by atoms with E-state index in [1.165, 1.54) is 18.7 Å². The molecule has 0 aliphatic rings. The zero-order chi connectivity index (χ0) is 28.2. The number of ether oxygens (including phenoxy) is 2. The number of carbonyl (C=O) groups excluding carboxylic acids is 3. The van der Waals surface area contributed by atoms with Crippen molar-refractivity contribution in [1.82, 2.24) is 4.57 Å². The highest BCUT2D eigenvalue weighted by molar-refractivity contribution is 6.27. The van der Waals surface area contributed by atoms with E-state index < -0.39 is 28.9 Å². The number of aryl methyl sites for hydroxylation is 1. The first-order valence-corrected chi connectivity index (χ1v) is 12.4. The number of para-hydroxylation sites is 1. The van der Waals surface area contributed by atoms with Crippen LogP contribution in [-0.2, 0) is 7.05 Å². The zero-order valence-corrected chi connectivity index (χ0v) is 21.7. The molecule has 1 heterocycles. The normalized spacial score (nSPS) is 10.7. The average Bonchev–Trinajstić information content (AvgIpc) is 3.01. The van der Waals surface area contributed by atoms with Crippen molar-refractivity contribution in [2.24, 2.45) is 7.05 Å². The highest BCUT2D eigenvalue weighted by Gasteiger charge is 2.33. The topological polar surface area (TPSA) is 94.9 Å². The van der Waals surface area contributed by atoms with Gasteiger partial charge in [0, 0.05) is 18.0 Å². The molecule has 0 unspecified atom stereocenters. The van der Waals surface area contributed by atoms with Gasteiger partial charge in [-0.1, -0.05) is 48.5 Å². The lowest BCUT2D eigenvalue weighted by Gasteiger charge is -2.23. The van der Waals surface area contributed by atoms with Gasteiger partial charge in [0.05, 0.1) is 23.9 Å². The Morgan fingerprint density at radius 1 is 0.700 bits per heavy atom. The summed E-state index contributed by atoms with van der Waals surface area (Å²) in [5, 5.41) is 0.360. The summed E-state index contributed by atoms with van der Waals surface area (Å²) in [5.41, 5.74) is -0.0600. The van der Waals surface area contributed by atoms with Crippen LogP contribution in [0.15, 0.2) is 114 Å². The summed E-state index contributed by atoms with van der Waals surface area (Å²) in [7, 11) is 3.01. The van der Waals surface area contributed by atoms with E-state index in [4.69, 9.17) is 9.47 Å². The van der Waals surface area contributed by atoms with Crippen molar-refractivity contribution < 1.29 is 23.9 Å². The fourth-order valence-electron chi connectivity index (χ4n) is 4.37. The number of pyridine rings is 1. The fourth-order valence-corrected chi connectivity index (χ4v) is 4.37. The second kappa shape index (κ2) is 11.1. The third-order valence-electron chi connectivity index (χ3n) is 6.43. The largest absolute Gasteiger partial charge is 0.497 e. The number of hydrogen-bond acceptors (Lipinski definition) is 6. The van der Waals surface area contributed by atoms with Crippen LogP contribution in [0, 0.1) is 0 Å². The van der Waals surface area contributed by atoms with Gasteiger partial charge in [-0.05, 0) is 60.7 Å². The Labute approximate surface area is 229 Å². The lowest BCUT2D eigenvalue weighted by Crippen LogP contribution is -2.41. The first-order valence-electron chi connectivity index (χ1n) is 12.4. The van der Waals surface area contributed by atoms with Crippen LogP contribution >= 0.6 is 0 Å². The molecule has 0 aliphatic heterocycles. The lowest BCUT2D eigenvalue weighted by molar-refractivity contribution is 0.0734. The Kier molecular flexibility index (Phi) is 7.24. The fraction of sp³-hybridized carbons (Fsp3) is 0.0625. The van der Waals surface area contributed by atoms with Crippen LogP contribution in [0.1, 0.15) is 31.1 Å². The number of benzene rings is 4. The summed E-state index contributed by atoms with van der Waals surface area (Å²) in [4.78, 5) is 55.9. The van der Waals surface area contributed by atoms with Crippen molar-refractivity contribution in [2.45, 2.75) is 0 Å². The van der Waals surface area contributed by atoms with Gasteiger partial charge in [-0.15, -0.1) is 0 Å². The van der Waals surface area contributed by atoms with Gasteiger partial charge in [-0.2, -0.15) is 0 Å². The number of carbonyl (C=O) groups is 3. The van der Waals surface area contributed by atoms with Crippen molar-refractivity contribution in [1.29, 1.82) is 0 Å². The Balaban J connectivity index is 1.73. The molecule has 4 aromatic carbocycles. The summed E-state index contributed by atoms with van der Waals surface area (Å²) in [5.74, 6) is -2.06. The highest BCUT2D eigenvalue weighted by Crippen LogP contribution is 2.31. The van der Waals surface area contributed by atoms with E-state index in [0.29, 0.717) is 16.7 Å². The van der Waals surface area contributed by atoms with Crippen LogP contribution in [0.5, 0.6) is 11.5 Å². The third-order valence-corrected chi connectivity index (χ3v) is 6.43. The minimum atomic E-state index is -0.943. The molecule has 0 radical (unpaired) electrons. The molecule has 8 nitrogen and oxygen atoms in total. The van der Waals surface area contributed by atoms with Gasteiger partial charge >= 0.3 is 5.97 Å². The van der Waals surface area contributed by atoms with Crippen molar-refractivity contribution >= 4 is 34.4 Å². The van der Waals surface area contributed by atoms with Crippen LogP contribution in [0.4, 0.5) is 5.69 Å². The molecule has 2 amide bonds. The highest BCUT2D eigenvalue weighted by atomic mass is 16.5. The van der Waals surface area contributed by atoms with Crippen LogP contribution in [0.25, 0.3) is 10.9 Å². The number of methoxy groups -OCH3 is 1. The molecule has 8 heteroatoms. The number of anilines is 1. The number of aromatic nitrogens is 1. The number of imide groups is 1. The minimum Gasteiger partial charge on any atom is -0.497 e. The number of rotatable bonds is 6. The Hall–Kier alpha value is -5.50. The van der Waals surface area contributed by atoms with Crippen LogP contribution < -0.4 is 19.9 Å². The third kappa shape index (κ3) is 4.86. The quantitative estimate of drug-likeness (QED) is 0.219. The molecule has 5 aromatic rings. The standard InChI is InChI=1S/C32H24N2O6/c1-33-26-16-10-9-15-25(26)28(40-32(38)22-13-7-4-8-14-22)27(30(33)36)31(37)34(23-17-19-24(39-2)20-18-23)29(35)21-11-5-3-6-12-21/h3-20H,1-2H3. The molecule has 198 valence electrons. The molecule has 40 heavy (non-hydrogen) atoms. The maximum absolute atomic E-state index is 14.3. The predicted octanol–water partition coefficient (Wildman–Crippen LogP) is 5.25. The summed E-state index contributed by atoms with van der Waals surface area (Å²) in [6.45, 7) is 0. The molecular weight excluding hydrogens is 508 g/mol. The molecule has 0 bridgehead atoms. The van der Waals surface area contributed by atoms with Crippen LogP contribution in [-0.4, -0.2) is 29.5 Å². The van der Waals surface area contributed by atoms with Crippen molar-refractivity contribution in [3.8, 4) is 11.5 Å². The smallest absolute Gasteiger partial charge is 0.343 e. The van der Waals surface area contributed by atoms with Crippen LogP contribution in [0.2, 0.25) is 0 Å². The second-order valence-electron chi connectivity index (χ2n) is 8.85. The number of fused-ring (bicyclic) bond motifs is 1. The van der Waals surface area contributed by atoms with Gasteiger partial charge in [0.25, 0.3) is 17.4 Å². The van der Waals surface area contributed by atoms with E-state index in [-0.39, 0.29) is 22.6 Å². The van der Waals surface area contributed by atoms with Gasteiger partial charge in [0.2, 0.25) is 0 Å². The molecule has 0 spiro atoms. The molecule has 0 N–H and O–H groups in total. The SMILES string of the molecule is COc1ccc(N(C(=O)c2ccccc2)C(=O)c2c(OC(=O)c3ccccc3)c3ccccc3n(C)c2=O)cc1. The Bertz CT molecular complexity index is 1780. The molecular formula is C32H24N2O6. The molecule has 1 aromatic heterocycles.